The number of hydrogen-bond acceptors (Lipinski definition) is 3. The molecule has 3 rings (SSSR count). The Kier molecular flexibility index (Phi) is 4.82. The number of rotatable bonds is 4. The first-order valence-electron chi connectivity index (χ1n) is 7.21. The largest absolute Gasteiger partial charge is 0.462 e. The molecule has 2 aromatic carbocycles. The van der Waals surface area contributed by atoms with E-state index in [1.165, 1.54) is 5.56 Å². The molecule has 0 radical (unpaired) electrons. The van der Waals surface area contributed by atoms with Crippen molar-refractivity contribution >= 4 is 51.8 Å². The van der Waals surface area contributed by atoms with E-state index in [1.807, 2.05) is 22.8 Å². The maximum Gasteiger partial charge on any atom is 0.338 e. The molecule has 4 nitrogen and oxygen atoms in total. The lowest BCUT2D eigenvalue weighted by Gasteiger charge is -2.07. The molecule has 1 heterocycles. The van der Waals surface area contributed by atoms with Gasteiger partial charge >= 0.3 is 5.97 Å². The quantitative estimate of drug-likeness (QED) is 0.276. The molecule has 0 unspecified atom stereocenters. The van der Waals surface area contributed by atoms with Crippen molar-refractivity contribution in [3.63, 3.8) is 0 Å². The van der Waals surface area contributed by atoms with Crippen LogP contribution in [0.4, 0.5) is 0 Å². The fraction of sp³-hybridized carbons (Fsp3) is 0.176. The van der Waals surface area contributed by atoms with Crippen molar-refractivity contribution in [1.82, 2.24) is 9.55 Å². The van der Waals surface area contributed by atoms with Crippen LogP contribution < -0.4 is 0 Å². The van der Waals surface area contributed by atoms with Gasteiger partial charge in [-0.3, -0.25) is 4.57 Å². The van der Waals surface area contributed by atoms with E-state index in [0.29, 0.717) is 16.9 Å². The number of aromatic amines is 1. The van der Waals surface area contributed by atoms with Crippen LogP contribution in [0.2, 0.25) is 0 Å². The van der Waals surface area contributed by atoms with Crippen LogP contribution in [0, 0.1) is 4.77 Å². The molecule has 0 atom stereocenters. The van der Waals surface area contributed by atoms with E-state index in [-0.39, 0.29) is 5.97 Å². The first kappa shape index (κ1) is 16.2. The van der Waals surface area contributed by atoms with Crippen LogP contribution in [-0.2, 0) is 9.16 Å². The number of alkyl halides is 1. The van der Waals surface area contributed by atoms with Gasteiger partial charge in [-0.25, -0.2) is 4.79 Å². The topological polar surface area (TPSA) is 47.0 Å². The molecule has 0 saturated heterocycles. The lowest BCUT2D eigenvalue weighted by molar-refractivity contribution is 0.0526. The second kappa shape index (κ2) is 6.84. The normalized spacial score (nSPS) is 10.9. The highest BCUT2D eigenvalue weighted by Gasteiger charge is 2.10. The standard InChI is InChI=1S/C17H15IN2O2S/c1-2-22-16(21)12-4-6-13(7-5-12)20-15-9-11(10-18)3-8-14(15)19-17(20)23/h3-9H,2,10H2,1H3,(H,19,23). The summed E-state index contributed by atoms with van der Waals surface area (Å²) in [6.45, 7) is 2.16. The maximum absolute atomic E-state index is 11.7. The van der Waals surface area contributed by atoms with Crippen LogP contribution in [0.25, 0.3) is 16.7 Å². The number of nitrogens with zero attached hydrogens (tertiary/aromatic N) is 1. The van der Waals surface area contributed by atoms with Crippen molar-refractivity contribution in [1.29, 1.82) is 0 Å². The number of esters is 1. The van der Waals surface area contributed by atoms with Gasteiger partial charge in [-0.1, -0.05) is 28.7 Å². The summed E-state index contributed by atoms with van der Waals surface area (Å²) in [6.07, 6.45) is 0. The van der Waals surface area contributed by atoms with E-state index in [0.717, 1.165) is 21.1 Å². The minimum absolute atomic E-state index is 0.311. The summed E-state index contributed by atoms with van der Waals surface area (Å²) >= 11 is 7.80. The van der Waals surface area contributed by atoms with Gasteiger partial charge < -0.3 is 9.72 Å². The Morgan fingerprint density at radius 2 is 2.00 bits per heavy atom. The first-order chi connectivity index (χ1) is 11.1. The average molecular weight is 438 g/mol. The van der Waals surface area contributed by atoms with E-state index in [4.69, 9.17) is 17.0 Å². The van der Waals surface area contributed by atoms with Crippen molar-refractivity contribution < 1.29 is 9.53 Å². The van der Waals surface area contributed by atoms with Crippen LogP contribution in [0.15, 0.2) is 42.5 Å². The third-order valence-corrected chi connectivity index (χ3v) is 4.70. The number of carbonyl (C=O) groups excluding carboxylic acids is 1. The van der Waals surface area contributed by atoms with Crippen LogP contribution in [0.3, 0.4) is 0 Å². The van der Waals surface area contributed by atoms with Gasteiger partial charge in [0.05, 0.1) is 23.2 Å². The molecule has 1 aromatic heterocycles. The monoisotopic (exact) mass is 438 g/mol. The number of aromatic nitrogens is 2. The molecule has 0 aliphatic carbocycles. The van der Waals surface area contributed by atoms with Crippen molar-refractivity contribution in [3.8, 4) is 5.69 Å². The molecule has 0 bridgehead atoms. The Morgan fingerprint density at radius 3 is 2.65 bits per heavy atom. The lowest BCUT2D eigenvalue weighted by Crippen LogP contribution is -2.04. The Hall–Kier alpha value is -1.67. The van der Waals surface area contributed by atoms with Crippen LogP contribution >= 0.6 is 34.8 Å². The summed E-state index contributed by atoms with van der Waals surface area (Å²) in [7, 11) is 0. The van der Waals surface area contributed by atoms with Gasteiger partial charge in [0.1, 0.15) is 0 Å². The predicted molar refractivity (Wildman–Crippen MR) is 102 cm³/mol. The van der Waals surface area contributed by atoms with Crippen LogP contribution in [0.5, 0.6) is 0 Å². The van der Waals surface area contributed by atoms with Gasteiger partial charge in [0.25, 0.3) is 0 Å². The molecule has 0 aliphatic heterocycles. The Balaban J connectivity index is 2.07. The number of hydrogen-bond donors (Lipinski definition) is 1. The van der Waals surface area contributed by atoms with Crippen LogP contribution in [-0.4, -0.2) is 22.1 Å². The van der Waals surface area contributed by atoms with Crippen molar-refractivity contribution in [3.05, 3.63) is 58.4 Å². The number of H-pyrrole nitrogens is 1. The summed E-state index contributed by atoms with van der Waals surface area (Å²) in [5.74, 6) is -0.311. The molecule has 3 aromatic rings. The maximum atomic E-state index is 11.7. The average Bonchev–Trinajstić information content (AvgIpc) is 2.90. The van der Waals surface area contributed by atoms with Crippen molar-refractivity contribution in [2.24, 2.45) is 0 Å². The SMILES string of the molecule is CCOC(=O)c1ccc(-n2c(=S)[nH]c3ccc(CI)cc32)cc1. The molecule has 23 heavy (non-hydrogen) atoms. The summed E-state index contributed by atoms with van der Waals surface area (Å²) < 4.78 is 8.56. The van der Waals surface area contributed by atoms with Gasteiger partial charge in [-0.2, -0.15) is 0 Å². The lowest BCUT2D eigenvalue weighted by atomic mass is 10.2. The predicted octanol–water partition coefficient (Wildman–Crippen LogP) is 4.80. The fourth-order valence-corrected chi connectivity index (χ4v) is 3.24. The summed E-state index contributed by atoms with van der Waals surface area (Å²) in [5.41, 5.74) is 4.73. The van der Waals surface area contributed by atoms with E-state index in [1.54, 1.807) is 19.1 Å². The third kappa shape index (κ3) is 3.18. The number of carbonyl (C=O) groups is 1. The minimum Gasteiger partial charge on any atom is -0.462 e. The van der Waals surface area contributed by atoms with Gasteiger partial charge in [0, 0.05) is 10.1 Å². The molecule has 0 aliphatic rings. The second-order valence-electron chi connectivity index (χ2n) is 5.02. The van der Waals surface area contributed by atoms with E-state index >= 15 is 0 Å². The first-order valence-corrected chi connectivity index (χ1v) is 9.14. The number of fused-ring (bicyclic) bond motifs is 1. The molecule has 118 valence electrons. The van der Waals surface area contributed by atoms with E-state index in [2.05, 4.69) is 39.7 Å². The smallest absolute Gasteiger partial charge is 0.338 e. The van der Waals surface area contributed by atoms with Gasteiger partial charge in [0.15, 0.2) is 4.77 Å². The van der Waals surface area contributed by atoms with Gasteiger partial charge in [0.2, 0.25) is 0 Å². The zero-order valence-electron chi connectivity index (χ0n) is 12.5. The van der Waals surface area contributed by atoms with E-state index < -0.39 is 0 Å². The van der Waals surface area contributed by atoms with Crippen LogP contribution in [0.1, 0.15) is 22.8 Å². The minimum atomic E-state index is -0.311. The molecule has 1 N–H and O–H groups in total. The third-order valence-electron chi connectivity index (χ3n) is 3.54. The number of nitrogens with one attached hydrogen (secondary N) is 1. The molecule has 0 fully saturated rings. The molecule has 0 saturated carbocycles. The Labute approximate surface area is 152 Å². The summed E-state index contributed by atoms with van der Waals surface area (Å²) in [6, 6.07) is 13.6. The zero-order valence-corrected chi connectivity index (χ0v) is 15.5. The molecule has 0 amide bonds. The number of ether oxygens (including phenoxy) is 1. The summed E-state index contributed by atoms with van der Waals surface area (Å²) in [5, 5.41) is 0. The molecule has 0 spiro atoms. The van der Waals surface area contributed by atoms with Gasteiger partial charge in [-0.05, 0) is 61.1 Å². The van der Waals surface area contributed by atoms with E-state index in [9.17, 15) is 4.79 Å². The highest BCUT2D eigenvalue weighted by Crippen LogP contribution is 2.22. The fourth-order valence-electron chi connectivity index (χ4n) is 2.45. The van der Waals surface area contributed by atoms with Gasteiger partial charge in [-0.15, -0.1) is 0 Å². The highest BCUT2D eigenvalue weighted by molar-refractivity contribution is 14.1. The zero-order chi connectivity index (χ0) is 16.4. The number of benzene rings is 2. The Bertz CT molecular complexity index is 912. The number of imidazole rings is 1. The van der Waals surface area contributed by atoms with Crippen molar-refractivity contribution in [2.75, 3.05) is 6.61 Å². The Morgan fingerprint density at radius 1 is 1.26 bits per heavy atom. The second-order valence-corrected chi connectivity index (χ2v) is 6.17. The highest BCUT2D eigenvalue weighted by atomic mass is 127. The summed E-state index contributed by atoms with van der Waals surface area (Å²) in [4.78, 5) is 15.0. The molecule has 6 heteroatoms. The number of halogens is 1. The molecular weight excluding hydrogens is 423 g/mol. The molecular formula is C17H15IN2O2S. The van der Waals surface area contributed by atoms with Crippen molar-refractivity contribution in [2.45, 2.75) is 11.4 Å².